The number of H-pyrrole nitrogens is 2. The van der Waals surface area contributed by atoms with Crippen molar-refractivity contribution in [1.82, 2.24) is 9.97 Å². The fourth-order valence-corrected chi connectivity index (χ4v) is 1.83. The monoisotopic (exact) mass is 276 g/mol. The molecular weight excluding hydrogens is 264 g/mol. The maximum atomic E-state index is 11.9. The van der Waals surface area contributed by atoms with Gasteiger partial charge in [-0.05, 0) is 24.6 Å². The highest BCUT2D eigenvalue weighted by Gasteiger charge is 2.09. The molecule has 1 aromatic carbocycles. The van der Waals surface area contributed by atoms with E-state index in [9.17, 15) is 19.2 Å². The molecule has 7 heteroatoms. The number of fused-ring (bicyclic) bond motifs is 1. The van der Waals surface area contributed by atoms with Gasteiger partial charge in [-0.3, -0.25) is 19.2 Å². The van der Waals surface area contributed by atoms with E-state index in [1.54, 1.807) is 0 Å². The number of carbonyl (C=O) groups excluding carboxylic acids is 1. The van der Waals surface area contributed by atoms with Crippen LogP contribution < -0.4 is 11.1 Å². The van der Waals surface area contributed by atoms with Gasteiger partial charge < -0.3 is 15.1 Å². The van der Waals surface area contributed by atoms with E-state index >= 15 is 0 Å². The van der Waals surface area contributed by atoms with Crippen molar-refractivity contribution in [3.05, 3.63) is 44.5 Å². The van der Waals surface area contributed by atoms with Crippen LogP contribution in [0.2, 0.25) is 0 Å². The fraction of sp³-hybridized carbons (Fsp3) is 0.231. The first-order valence-corrected chi connectivity index (χ1v) is 5.99. The first-order valence-electron chi connectivity index (χ1n) is 5.99. The Bertz CT molecular complexity index is 787. The number of Topliss-reactive ketones (excluding diaryl/α,β-unsaturated/α-hetero) is 1. The second-order valence-corrected chi connectivity index (χ2v) is 4.34. The van der Waals surface area contributed by atoms with Gasteiger partial charge in [0.1, 0.15) is 0 Å². The highest BCUT2D eigenvalue weighted by Crippen LogP contribution is 2.12. The lowest BCUT2D eigenvalue weighted by Crippen LogP contribution is -2.28. The lowest BCUT2D eigenvalue weighted by molar-refractivity contribution is -0.137. The van der Waals surface area contributed by atoms with Gasteiger partial charge >= 0.3 is 17.1 Å². The minimum Gasteiger partial charge on any atom is -0.481 e. The summed E-state index contributed by atoms with van der Waals surface area (Å²) in [5, 5.41) is 8.51. The summed E-state index contributed by atoms with van der Waals surface area (Å²) in [5.74, 6) is -1.15. The third kappa shape index (κ3) is 3.00. The summed E-state index contributed by atoms with van der Waals surface area (Å²) < 4.78 is 0. The average molecular weight is 276 g/mol. The Morgan fingerprint density at radius 2 is 1.65 bits per heavy atom. The van der Waals surface area contributed by atoms with Gasteiger partial charge in [-0.1, -0.05) is 0 Å². The van der Waals surface area contributed by atoms with E-state index in [0.29, 0.717) is 16.6 Å². The van der Waals surface area contributed by atoms with E-state index in [4.69, 9.17) is 5.11 Å². The second kappa shape index (κ2) is 5.52. The predicted octanol–water partition coefficient (Wildman–Crippen LogP) is 0.654. The summed E-state index contributed by atoms with van der Waals surface area (Å²) in [5.41, 5.74) is -0.382. The van der Waals surface area contributed by atoms with Crippen molar-refractivity contribution in [2.75, 3.05) is 0 Å². The van der Waals surface area contributed by atoms with Gasteiger partial charge in [0.15, 0.2) is 5.78 Å². The molecule has 0 bridgehead atoms. The summed E-state index contributed by atoms with van der Waals surface area (Å²) >= 11 is 0. The Morgan fingerprint density at radius 1 is 1.00 bits per heavy atom. The van der Waals surface area contributed by atoms with Crippen molar-refractivity contribution in [2.45, 2.75) is 19.3 Å². The molecule has 7 nitrogen and oxygen atoms in total. The number of benzene rings is 1. The SMILES string of the molecule is O=C(O)CCCC(=O)c1ccc2[nH]c(=O)c(=O)[nH]c2c1. The van der Waals surface area contributed by atoms with Crippen LogP contribution in [-0.4, -0.2) is 26.8 Å². The maximum Gasteiger partial charge on any atom is 0.314 e. The van der Waals surface area contributed by atoms with E-state index in [0.717, 1.165) is 0 Å². The van der Waals surface area contributed by atoms with Gasteiger partial charge in [-0.15, -0.1) is 0 Å². The number of aromatic nitrogens is 2. The van der Waals surface area contributed by atoms with Crippen molar-refractivity contribution in [2.24, 2.45) is 0 Å². The van der Waals surface area contributed by atoms with Crippen molar-refractivity contribution in [3.8, 4) is 0 Å². The van der Waals surface area contributed by atoms with Gasteiger partial charge in [0.25, 0.3) is 0 Å². The molecule has 0 saturated heterocycles. The maximum absolute atomic E-state index is 11.9. The third-order valence-corrected chi connectivity index (χ3v) is 2.84. The van der Waals surface area contributed by atoms with Crippen LogP contribution in [0.3, 0.4) is 0 Å². The molecule has 1 heterocycles. The van der Waals surface area contributed by atoms with Crippen LogP contribution in [0.25, 0.3) is 11.0 Å². The molecule has 0 radical (unpaired) electrons. The van der Waals surface area contributed by atoms with Crippen LogP contribution in [0.15, 0.2) is 27.8 Å². The number of aromatic amines is 2. The summed E-state index contributed by atoms with van der Waals surface area (Å²) in [6.45, 7) is 0. The van der Waals surface area contributed by atoms with Crippen molar-refractivity contribution >= 4 is 22.8 Å². The Hall–Kier alpha value is -2.70. The van der Waals surface area contributed by atoms with Gasteiger partial charge in [0.2, 0.25) is 0 Å². The van der Waals surface area contributed by atoms with E-state index in [1.165, 1.54) is 18.2 Å². The van der Waals surface area contributed by atoms with Crippen molar-refractivity contribution < 1.29 is 14.7 Å². The molecule has 0 saturated carbocycles. The lowest BCUT2D eigenvalue weighted by atomic mass is 10.0. The molecule has 3 N–H and O–H groups in total. The number of ketones is 1. The van der Waals surface area contributed by atoms with Crippen LogP contribution in [-0.2, 0) is 4.79 Å². The summed E-state index contributed by atoms with van der Waals surface area (Å²) in [4.78, 5) is 49.4. The Labute approximate surface area is 112 Å². The van der Waals surface area contributed by atoms with Gasteiger partial charge in [-0.25, -0.2) is 0 Å². The van der Waals surface area contributed by atoms with Crippen LogP contribution in [0, 0.1) is 0 Å². The molecule has 0 spiro atoms. The fourth-order valence-electron chi connectivity index (χ4n) is 1.83. The topological polar surface area (TPSA) is 120 Å². The second-order valence-electron chi connectivity index (χ2n) is 4.34. The van der Waals surface area contributed by atoms with E-state index < -0.39 is 17.1 Å². The smallest absolute Gasteiger partial charge is 0.314 e. The molecule has 2 aromatic rings. The first-order chi connectivity index (χ1) is 9.47. The molecule has 104 valence electrons. The Balaban J connectivity index is 2.25. The molecular formula is C13H12N2O5. The molecule has 0 aliphatic rings. The van der Waals surface area contributed by atoms with Gasteiger partial charge in [0, 0.05) is 18.4 Å². The molecule has 0 aliphatic carbocycles. The van der Waals surface area contributed by atoms with Gasteiger partial charge in [-0.2, -0.15) is 0 Å². The molecule has 2 rings (SSSR count). The Morgan fingerprint density at radius 3 is 2.30 bits per heavy atom. The van der Waals surface area contributed by atoms with E-state index in [-0.39, 0.29) is 25.0 Å². The van der Waals surface area contributed by atoms with Crippen LogP contribution >= 0.6 is 0 Å². The number of rotatable bonds is 5. The number of nitrogens with one attached hydrogen (secondary N) is 2. The zero-order valence-corrected chi connectivity index (χ0v) is 10.4. The molecule has 0 amide bonds. The largest absolute Gasteiger partial charge is 0.481 e. The highest BCUT2D eigenvalue weighted by atomic mass is 16.4. The standard InChI is InChI=1S/C13H12N2O5/c16-10(2-1-3-11(17)18)7-4-5-8-9(6-7)15-13(20)12(19)14-8/h4-6H,1-3H2,(H,14,19)(H,15,20)(H,17,18). The van der Waals surface area contributed by atoms with Crippen LogP contribution in [0.1, 0.15) is 29.6 Å². The number of carboxylic acid groups (broad SMARTS) is 1. The zero-order chi connectivity index (χ0) is 14.7. The summed E-state index contributed by atoms with van der Waals surface area (Å²) in [6, 6.07) is 4.52. The minimum atomic E-state index is -0.946. The van der Waals surface area contributed by atoms with Crippen molar-refractivity contribution in [1.29, 1.82) is 0 Å². The number of hydrogen-bond acceptors (Lipinski definition) is 4. The highest BCUT2D eigenvalue weighted by molar-refractivity contribution is 5.98. The Kier molecular flexibility index (Phi) is 3.79. The molecule has 0 unspecified atom stereocenters. The zero-order valence-electron chi connectivity index (χ0n) is 10.4. The van der Waals surface area contributed by atoms with Crippen LogP contribution in [0.4, 0.5) is 0 Å². The number of carbonyl (C=O) groups is 2. The quantitative estimate of drug-likeness (QED) is 0.547. The summed E-state index contributed by atoms with van der Waals surface area (Å²) in [7, 11) is 0. The third-order valence-electron chi connectivity index (χ3n) is 2.84. The minimum absolute atomic E-state index is 0.0660. The van der Waals surface area contributed by atoms with Gasteiger partial charge in [0.05, 0.1) is 11.0 Å². The lowest BCUT2D eigenvalue weighted by Gasteiger charge is -2.02. The molecule has 1 aromatic heterocycles. The van der Waals surface area contributed by atoms with E-state index in [1.807, 2.05) is 0 Å². The predicted molar refractivity (Wildman–Crippen MR) is 71.0 cm³/mol. The normalized spacial score (nSPS) is 10.6. The van der Waals surface area contributed by atoms with E-state index in [2.05, 4.69) is 9.97 Å². The first kappa shape index (κ1) is 13.7. The average Bonchev–Trinajstić information content (AvgIpc) is 2.39. The number of carboxylic acids is 1. The molecule has 0 aliphatic heterocycles. The molecule has 0 atom stereocenters. The number of aliphatic carboxylic acids is 1. The summed E-state index contributed by atoms with van der Waals surface area (Å²) in [6.07, 6.45) is 0.309. The van der Waals surface area contributed by atoms with Crippen LogP contribution in [0.5, 0.6) is 0 Å². The molecule has 0 fully saturated rings. The van der Waals surface area contributed by atoms with Crippen molar-refractivity contribution in [3.63, 3.8) is 0 Å². The number of hydrogen-bond donors (Lipinski definition) is 3. The molecule has 20 heavy (non-hydrogen) atoms.